The second-order valence-electron chi connectivity index (χ2n) is 4.60. The van der Waals surface area contributed by atoms with Gasteiger partial charge in [-0.25, -0.2) is 9.40 Å². The predicted molar refractivity (Wildman–Crippen MR) is 96.1 cm³/mol. The van der Waals surface area contributed by atoms with Gasteiger partial charge in [-0.1, -0.05) is 38.6 Å². The van der Waals surface area contributed by atoms with Crippen molar-refractivity contribution in [3.05, 3.63) is 65.6 Å². The molecule has 0 radical (unpaired) electrons. The standard InChI is InChI=1S/C17H18FN3.C2H6/c1-6-20-21(13(4)5)17(9-12(2)3)14-7-8-15(11-19)16(18)10-14;1-2/h6-10H,2,4H2,1,3,5H3;1-2H3/b17-9-,20-6-;. The lowest BCUT2D eigenvalue weighted by atomic mass is 10.1. The van der Waals surface area contributed by atoms with Crippen molar-refractivity contribution in [3.63, 3.8) is 0 Å². The Morgan fingerprint density at radius 2 is 1.91 bits per heavy atom. The molecule has 23 heavy (non-hydrogen) atoms. The van der Waals surface area contributed by atoms with Crippen LogP contribution < -0.4 is 0 Å². The number of allylic oxidation sites excluding steroid dienone is 3. The van der Waals surface area contributed by atoms with E-state index in [2.05, 4.69) is 18.3 Å². The molecule has 0 bridgehead atoms. The van der Waals surface area contributed by atoms with Crippen LogP contribution in [-0.2, 0) is 0 Å². The molecule has 0 unspecified atom stereocenters. The van der Waals surface area contributed by atoms with Crippen molar-refractivity contribution < 1.29 is 4.39 Å². The molecule has 0 aliphatic carbocycles. The number of hydrazone groups is 1. The van der Waals surface area contributed by atoms with E-state index in [0.29, 0.717) is 17.0 Å². The molecule has 1 rings (SSSR count). The van der Waals surface area contributed by atoms with E-state index in [0.717, 1.165) is 5.57 Å². The molecule has 1 aromatic rings. The summed E-state index contributed by atoms with van der Waals surface area (Å²) in [5.74, 6) is -0.565. The third kappa shape index (κ3) is 5.91. The van der Waals surface area contributed by atoms with Crippen LogP contribution in [-0.4, -0.2) is 11.2 Å². The van der Waals surface area contributed by atoms with Crippen LogP contribution in [0.3, 0.4) is 0 Å². The van der Waals surface area contributed by atoms with Crippen molar-refractivity contribution in [2.75, 3.05) is 0 Å². The van der Waals surface area contributed by atoms with Crippen molar-refractivity contribution in [2.24, 2.45) is 5.10 Å². The topological polar surface area (TPSA) is 39.4 Å². The van der Waals surface area contributed by atoms with E-state index in [1.165, 1.54) is 12.1 Å². The van der Waals surface area contributed by atoms with Crippen LogP contribution in [0.5, 0.6) is 0 Å². The van der Waals surface area contributed by atoms with E-state index in [1.807, 2.05) is 20.8 Å². The van der Waals surface area contributed by atoms with Gasteiger partial charge in [-0.2, -0.15) is 10.4 Å². The Kier molecular flexibility index (Phi) is 8.95. The van der Waals surface area contributed by atoms with Crippen molar-refractivity contribution in [1.82, 2.24) is 5.01 Å². The van der Waals surface area contributed by atoms with E-state index < -0.39 is 5.82 Å². The molecule has 0 N–H and O–H groups in total. The smallest absolute Gasteiger partial charge is 0.141 e. The number of nitriles is 1. The summed E-state index contributed by atoms with van der Waals surface area (Å²) in [6.07, 6.45) is 3.42. The van der Waals surface area contributed by atoms with Crippen LogP contribution in [0.15, 0.2) is 53.8 Å². The molecular weight excluding hydrogens is 289 g/mol. The van der Waals surface area contributed by atoms with Crippen LogP contribution in [0.2, 0.25) is 0 Å². The van der Waals surface area contributed by atoms with Gasteiger partial charge in [0.2, 0.25) is 0 Å². The first-order valence-corrected chi connectivity index (χ1v) is 7.42. The molecule has 0 heterocycles. The van der Waals surface area contributed by atoms with Crippen molar-refractivity contribution in [2.45, 2.75) is 34.6 Å². The number of nitrogens with zero attached hydrogens (tertiary/aromatic N) is 3. The highest BCUT2D eigenvalue weighted by Crippen LogP contribution is 2.26. The van der Waals surface area contributed by atoms with Crippen LogP contribution in [0, 0.1) is 17.1 Å². The molecule has 0 aliphatic heterocycles. The van der Waals surface area contributed by atoms with Crippen LogP contribution in [0.4, 0.5) is 4.39 Å². The fourth-order valence-corrected chi connectivity index (χ4v) is 1.75. The van der Waals surface area contributed by atoms with E-state index in [-0.39, 0.29) is 5.56 Å². The Labute approximate surface area is 138 Å². The fraction of sp³-hybridized carbons (Fsp3) is 0.263. The Morgan fingerprint density at radius 3 is 2.30 bits per heavy atom. The van der Waals surface area contributed by atoms with Gasteiger partial charge >= 0.3 is 0 Å². The third-order valence-electron chi connectivity index (χ3n) is 2.59. The van der Waals surface area contributed by atoms with Crippen LogP contribution >= 0.6 is 0 Å². The maximum absolute atomic E-state index is 13.8. The Bertz CT molecular complexity index is 664. The number of benzene rings is 1. The highest BCUT2D eigenvalue weighted by atomic mass is 19.1. The van der Waals surface area contributed by atoms with Gasteiger partial charge in [0.15, 0.2) is 0 Å². The second kappa shape index (κ2) is 10.1. The zero-order valence-electron chi connectivity index (χ0n) is 14.5. The molecule has 0 amide bonds. The van der Waals surface area contributed by atoms with Gasteiger partial charge in [-0.3, -0.25) is 0 Å². The first kappa shape index (κ1) is 20.3. The average Bonchev–Trinajstić information content (AvgIpc) is 2.52. The predicted octanol–water partition coefficient (Wildman–Crippen LogP) is 5.48. The highest BCUT2D eigenvalue weighted by molar-refractivity contribution is 5.69. The molecule has 3 nitrogen and oxygen atoms in total. The SMILES string of the molecule is C=C(C)/C=C(/c1ccc(C#N)c(F)c1)N(/N=C\C)C(=C)C.CC. The average molecular weight is 313 g/mol. The summed E-state index contributed by atoms with van der Waals surface area (Å²) < 4.78 is 13.8. The lowest BCUT2D eigenvalue weighted by Crippen LogP contribution is -2.13. The van der Waals surface area contributed by atoms with Gasteiger partial charge in [0, 0.05) is 17.5 Å². The normalized spacial score (nSPS) is 10.6. The minimum absolute atomic E-state index is 0.00860. The first-order chi connectivity index (χ1) is 10.9. The van der Waals surface area contributed by atoms with Gasteiger partial charge in [-0.05, 0) is 39.0 Å². The summed E-state index contributed by atoms with van der Waals surface area (Å²) in [5, 5.41) is 14.7. The molecule has 0 aliphatic rings. The Balaban J connectivity index is 0.00000232. The van der Waals surface area contributed by atoms with Crippen molar-refractivity contribution >= 4 is 11.9 Å². The van der Waals surface area contributed by atoms with Gasteiger partial charge < -0.3 is 0 Å². The minimum atomic E-state index is -0.565. The first-order valence-electron chi connectivity index (χ1n) is 7.42. The molecule has 0 aromatic heterocycles. The summed E-state index contributed by atoms with van der Waals surface area (Å²) in [6, 6.07) is 6.25. The maximum atomic E-state index is 13.8. The van der Waals surface area contributed by atoms with Crippen molar-refractivity contribution in [1.29, 1.82) is 5.26 Å². The van der Waals surface area contributed by atoms with E-state index >= 15 is 0 Å². The number of halogens is 1. The van der Waals surface area contributed by atoms with Gasteiger partial charge in [0.1, 0.15) is 11.9 Å². The largest absolute Gasteiger partial charge is 0.238 e. The molecule has 0 atom stereocenters. The zero-order valence-corrected chi connectivity index (χ0v) is 14.5. The second-order valence-corrected chi connectivity index (χ2v) is 4.60. The molecule has 0 fully saturated rings. The summed E-state index contributed by atoms with van der Waals surface area (Å²) in [5.41, 5.74) is 2.74. The Morgan fingerprint density at radius 1 is 1.30 bits per heavy atom. The molecule has 122 valence electrons. The molecule has 4 heteroatoms. The molecular formula is C19H24FN3. The van der Waals surface area contributed by atoms with Gasteiger partial charge in [-0.15, -0.1) is 0 Å². The molecule has 0 saturated heterocycles. The Hall–Kier alpha value is -2.67. The minimum Gasteiger partial charge on any atom is -0.238 e. The number of hydrogen-bond acceptors (Lipinski definition) is 3. The summed E-state index contributed by atoms with van der Waals surface area (Å²) in [6.45, 7) is 17.2. The van der Waals surface area contributed by atoms with E-state index in [1.54, 1.807) is 43.3 Å². The lowest BCUT2D eigenvalue weighted by molar-refractivity contribution is 0.528. The lowest BCUT2D eigenvalue weighted by Gasteiger charge is -2.23. The van der Waals surface area contributed by atoms with Gasteiger partial charge in [0.25, 0.3) is 0 Å². The van der Waals surface area contributed by atoms with Crippen LogP contribution in [0.25, 0.3) is 5.70 Å². The highest BCUT2D eigenvalue weighted by Gasteiger charge is 2.14. The van der Waals surface area contributed by atoms with Crippen molar-refractivity contribution in [3.8, 4) is 6.07 Å². The van der Waals surface area contributed by atoms with E-state index in [9.17, 15) is 4.39 Å². The van der Waals surface area contributed by atoms with E-state index in [4.69, 9.17) is 5.26 Å². The molecule has 0 spiro atoms. The van der Waals surface area contributed by atoms with Crippen LogP contribution in [0.1, 0.15) is 45.7 Å². The molecule has 1 aromatic carbocycles. The monoisotopic (exact) mass is 313 g/mol. The summed E-state index contributed by atoms with van der Waals surface area (Å²) >= 11 is 0. The number of hydrogen-bond donors (Lipinski definition) is 0. The number of rotatable bonds is 5. The summed E-state index contributed by atoms with van der Waals surface area (Å²) in [4.78, 5) is 0. The quantitative estimate of drug-likeness (QED) is 0.410. The molecule has 0 saturated carbocycles. The van der Waals surface area contributed by atoms with Gasteiger partial charge in [0.05, 0.1) is 11.3 Å². The summed E-state index contributed by atoms with van der Waals surface area (Å²) in [7, 11) is 0. The third-order valence-corrected chi connectivity index (χ3v) is 2.59. The zero-order chi connectivity index (χ0) is 18.0. The maximum Gasteiger partial charge on any atom is 0.141 e. The fourth-order valence-electron chi connectivity index (χ4n) is 1.75.